The van der Waals surface area contributed by atoms with Crippen LogP contribution in [0.15, 0.2) is 24.3 Å². The number of amides is 1. The number of nitrogen functional groups attached to an aromatic ring is 1. The number of benzene rings is 1. The van der Waals surface area contributed by atoms with E-state index in [1.165, 1.54) is 32.1 Å². The highest BCUT2D eigenvalue weighted by molar-refractivity contribution is 5.79. The number of hydrogen-bond donors (Lipinski definition) is 2. The molecule has 0 aromatic heterocycles. The number of fused-ring (bicyclic) bond motifs is 5. The molecule has 0 heterocycles. The Kier molecular flexibility index (Phi) is 3.16. The van der Waals surface area contributed by atoms with Crippen molar-refractivity contribution in [2.75, 3.05) is 5.73 Å². The van der Waals surface area contributed by atoms with E-state index in [9.17, 15) is 4.79 Å². The number of nitrogens with one attached hydrogen (secondary N) is 1. The van der Waals surface area contributed by atoms with Gasteiger partial charge >= 0.3 is 0 Å². The summed E-state index contributed by atoms with van der Waals surface area (Å²) < 4.78 is 0. The summed E-state index contributed by atoms with van der Waals surface area (Å²) >= 11 is 0. The lowest BCUT2D eigenvalue weighted by Gasteiger charge is -2.32. The summed E-state index contributed by atoms with van der Waals surface area (Å²) in [7, 11) is 0. The fourth-order valence-electron chi connectivity index (χ4n) is 5.38. The Labute approximate surface area is 126 Å². The van der Waals surface area contributed by atoms with E-state index in [0.29, 0.717) is 12.5 Å². The molecular formula is C18H24N2O. The van der Waals surface area contributed by atoms with Crippen molar-refractivity contribution in [3.63, 3.8) is 0 Å². The van der Waals surface area contributed by atoms with Gasteiger partial charge in [-0.05, 0) is 67.1 Å². The first kappa shape index (κ1) is 13.2. The van der Waals surface area contributed by atoms with Crippen molar-refractivity contribution in [1.29, 1.82) is 0 Å². The first-order chi connectivity index (χ1) is 10.2. The van der Waals surface area contributed by atoms with Crippen LogP contribution in [0.2, 0.25) is 0 Å². The van der Waals surface area contributed by atoms with Gasteiger partial charge in [0.25, 0.3) is 0 Å². The first-order valence-electron chi connectivity index (χ1n) is 8.34. The van der Waals surface area contributed by atoms with Gasteiger partial charge in [0, 0.05) is 11.7 Å². The van der Waals surface area contributed by atoms with Gasteiger partial charge in [0.2, 0.25) is 5.91 Å². The molecule has 3 saturated carbocycles. The van der Waals surface area contributed by atoms with Gasteiger partial charge in [0.1, 0.15) is 0 Å². The van der Waals surface area contributed by atoms with Crippen LogP contribution in [0, 0.1) is 23.7 Å². The van der Waals surface area contributed by atoms with E-state index < -0.39 is 0 Å². The normalized spacial score (nSPS) is 36.7. The zero-order valence-corrected chi connectivity index (χ0v) is 12.4. The van der Waals surface area contributed by atoms with Gasteiger partial charge < -0.3 is 11.1 Å². The molecule has 5 atom stereocenters. The van der Waals surface area contributed by atoms with Gasteiger partial charge in [-0.1, -0.05) is 18.6 Å². The van der Waals surface area contributed by atoms with Crippen molar-refractivity contribution in [1.82, 2.24) is 5.32 Å². The van der Waals surface area contributed by atoms with Crippen LogP contribution >= 0.6 is 0 Å². The van der Waals surface area contributed by atoms with Crippen molar-refractivity contribution < 1.29 is 4.79 Å². The average molecular weight is 284 g/mol. The molecule has 3 fully saturated rings. The molecule has 0 radical (unpaired) electrons. The smallest absolute Gasteiger partial charge is 0.224 e. The fourth-order valence-corrected chi connectivity index (χ4v) is 5.38. The van der Waals surface area contributed by atoms with Crippen LogP contribution in [0.25, 0.3) is 0 Å². The third-order valence-corrected chi connectivity index (χ3v) is 6.09. The first-order valence-corrected chi connectivity index (χ1v) is 8.34. The quantitative estimate of drug-likeness (QED) is 0.839. The summed E-state index contributed by atoms with van der Waals surface area (Å²) in [4.78, 5) is 12.3. The molecule has 3 heteroatoms. The lowest BCUT2D eigenvalue weighted by molar-refractivity contribution is -0.121. The second-order valence-corrected chi connectivity index (χ2v) is 7.25. The molecule has 3 nitrogen and oxygen atoms in total. The minimum Gasteiger partial charge on any atom is -0.399 e. The third-order valence-electron chi connectivity index (χ3n) is 6.09. The van der Waals surface area contributed by atoms with Gasteiger partial charge in [-0.2, -0.15) is 0 Å². The number of carbonyl (C=O) groups is 1. The number of anilines is 1. The van der Waals surface area contributed by atoms with Crippen molar-refractivity contribution in [3.05, 3.63) is 29.8 Å². The van der Waals surface area contributed by atoms with Gasteiger partial charge in [0.05, 0.1) is 6.42 Å². The molecule has 0 spiro atoms. The Morgan fingerprint density at radius 1 is 1.19 bits per heavy atom. The molecule has 1 amide bonds. The van der Waals surface area contributed by atoms with Crippen LogP contribution in [0.1, 0.15) is 37.7 Å². The van der Waals surface area contributed by atoms with Crippen LogP contribution in [-0.2, 0) is 11.2 Å². The van der Waals surface area contributed by atoms with Crippen LogP contribution < -0.4 is 11.1 Å². The molecule has 4 rings (SSSR count). The van der Waals surface area contributed by atoms with E-state index in [0.717, 1.165) is 34.9 Å². The topological polar surface area (TPSA) is 55.1 Å². The molecular weight excluding hydrogens is 260 g/mol. The largest absolute Gasteiger partial charge is 0.399 e. The second kappa shape index (κ2) is 5.04. The molecule has 112 valence electrons. The van der Waals surface area contributed by atoms with E-state index in [4.69, 9.17) is 5.73 Å². The highest BCUT2D eigenvalue weighted by atomic mass is 16.1. The van der Waals surface area contributed by atoms with E-state index in [1.807, 2.05) is 24.3 Å². The molecule has 3 aliphatic carbocycles. The molecule has 0 unspecified atom stereocenters. The zero-order valence-electron chi connectivity index (χ0n) is 12.4. The summed E-state index contributed by atoms with van der Waals surface area (Å²) in [6.45, 7) is 0. The van der Waals surface area contributed by atoms with Crippen LogP contribution in [0.5, 0.6) is 0 Å². The van der Waals surface area contributed by atoms with Crippen molar-refractivity contribution in [2.24, 2.45) is 23.7 Å². The predicted molar refractivity (Wildman–Crippen MR) is 83.5 cm³/mol. The molecule has 2 bridgehead atoms. The molecule has 3 aliphatic rings. The monoisotopic (exact) mass is 284 g/mol. The number of nitrogens with two attached hydrogens (primary N) is 1. The van der Waals surface area contributed by atoms with Crippen LogP contribution in [0.4, 0.5) is 5.69 Å². The maximum Gasteiger partial charge on any atom is 0.224 e. The van der Waals surface area contributed by atoms with E-state index in [1.54, 1.807) is 0 Å². The Bertz CT molecular complexity index is 556. The highest BCUT2D eigenvalue weighted by Gasteiger charge is 2.53. The van der Waals surface area contributed by atoms with E-state index >= 15 is 0 Å². The third kappa shape index (κ3) is 2.33. The van der Waals surface area contributed by atoms with Gasteiger partial charge in [0.15, 0.2) is 0 Å². The Balaban J connectivity index is 1.37. The Morgan fingerprint density at radius 2 is 2.05 bits per heavy atom. The number of hydrogen-bond acceptors (Lipinski definition) is 2. The summed E-state index contributed by atoms with van der Waals surface area (Å²) in [5.41, 5.74) is 7.51. The highest BCUT2D eigenvalue weighted by Crippen LogP contribution is 2.58. The molecule has 0 saturated heterocycles. The van der Waals surface area contributed by atoms with Gasteiger partial charge in [-0.3, -0.25) is 4.79 Å². The summed E-state index contributed by atoms with van der Waals surface area (Å²) in [6.07, 6.45) is 7.27. The number of carbonyl (C=O) groups excluding carboxylic acids is 1. The molecule has 1 aromatic carbocycles. The Hall–Kier alpha value is -1.51. The van der Waals surface area contributed by atoms with Gasteiger partial charge in [-0.15, -0.1) is 0 Å². The molecule has 1 aromatic rings. The SMILES string of the molecule is Nc1cccc(CC(=O)N[C@@H]2C[C@H]3C[C@H]2[C@@H]2CCC[C@@H]32)c1. The van der Waals surface area contributed by atoms with E-state index in [2.05, 4.69) is 5.32 Å². The summed E-state index contributed by atoms with van der Waals surface area (Å²) in [5, 5.41) is 3.31. The summed E-state index contributed by atoms with van der Waals surface area (Å²) in [6, 6.07) is 8.08. The molecule has 0 aliphatic heterocycles. The standard InChI is InChI=1S/C18H24N2O/c19-13-4-1-3-11(7-13)8-18(21)20-17-10-12-9-16(17)15-6-2-5-14(12)15/h1,3-4,7,12,14-17H,2,5-6,8-10,19H2,(H,20,21)/t12-,14+,15-,16+,17-/m1/s1. The second-order valence-electron chi connectivity index (χ2n) is 7.25. The fraction of sp³-hybridized carbons (Fsp3) is 0.611. The van der Waals surface area contributed by atoms with Crippen LogP contribution in [0.3, 0.4) is 0 Å². The van der Waals surface area contributed by atoms with Crippen molar-refractivity contribution in [2.45, 2.75) is 44.6 Å². The average Bonchev–Trinajstić information content (AvgIpc) is 3.09. The minimum atomic E-state index is 0.160. The van der Waals surface area contributed by atoms with E-state index in [-0.39, 0.29) is 5.91 Å². The molecule has 3 N–H and O–H groups in total. The van der Waals surface area contributed by atoms with Gasteiger partial charge in [-0.25, -0.2) is 0 Å². The maximum atomic E-state index is 12.3. The predicted octanol–water partition coefficient (Wildman–Crippen LogP) is 2.75. The van der Waals surface area contributed by atoms with Crippen LogP contribution in [-0.4, -0.2) is 11.9 Å². The lowest BCUT2D eigenvalue weighted by atomic mass is 9.79. The zero-order chi connectivity index (χ0) is 14.4. The molecule has 21 heavy (non-hydrogen) atoms. The maximum absolute atomic E-state index is 12.3. The minimum absolute atomic E-state index is 0.160. The number of rotatable bonds is 3. The van der Waals surface area contributed by atoms with Crippen molar-refractivity contribution >= 4 is 11.6 Å². The Morgan fingerprint density at radius 3 is 2.90 bits per heavy atom. The van der Waals surface area contributed by atoms with Crippen molar-refractivity contribution in [3.8, 4) is 0 Å². The lowest BCUT2D eigenvalue weighted by Crippen LogP contribution is -2.43. The summed E-state index contributed by atoms with van der Waals surface area (Å²) in [5.74, 6) is 3.69.